The standard InChI is InChI=1S/C24H29ClN4O/c1-4-28(5-2)15-16-29(6-3)24(30)20-9-7-8-10-21(20)27-22-13-14-26-23-17-18(25)11-12-19(22)23/h7-14,17H,4-6,15-16H2,1-3H3,(H,26,27). The number of nitrogens with one attached hydrogen (secondary N) is 1. The third-order valence-electron chi connectivity index (χ3n) is 5.38. The van der Waals surface area contributed by atoms with E-state index >= 15 is 0 Å². The van der Waals surface area contributed by atoms with Crippen LogP contribution >= 0.6 is 11.6 Å². The Hall–Kier alpha value is -2.63. The molecular formula is C24H29ClN4O. The molecule has 0 fully saturated rings. The maximum Gasteiger partial charge on any atom is 0.255 e. The van der Waals surface area contributed by atoms with Crippen molar-refractivity contribution in [1.29, 1.82) is 0 Å². The van der Waals surface area contributed by atoms with Gasteiger partial charge in [-0.2, -0.15) is 0 Å². The highest BCUT2D eigenvalue weighted by atomic mass is 35.5. The number of pyridine rings is 1. The zero-order valence-electron chi connectivity index (χ0n) is 17.9. The van der Waals surface area contributed by atoms with Gasteiger partial charge in [-0.1, -0.05) is 37.6 Å². The van der Waals surface area contributed by atoms with Gasteiger partial charge in [0.05, 0.1) is 16.8 Å². The summed E-state index contributed by atoms with van der Waals surface area (Å²) in [5.74, 6) is 0.0363. The van der Waals surface area contributed by atoms with E-state index in [-0.39, 0.29) is 5.91 Å². The van der Waals surface area contributed by atoms with E-state index in [0.29, 0.717) is 23.7 Å². The number of hydrogen-bond acceptors (Lipinski definition) is 4. The first kappa shape index (κ1) is 22.1. The number of para-hydroxylation sites is 1. The molecule has 1 N–H and O–H groups in total. The summed E-state index contributed by atoms with van der Waals surface area (Å²) in [4.78, 5) is 22.0. The van der Waals surface area contributed by atoms with E-state index in [4.69, 9.17) is 11.6 Å². The van der Waals surface area contributed by atoms with Crippen LogP contribution in [0, 0.1) is 0 Å². The van der Waals surface area contributed by atoms with E-state index in [1.165, 1.54) is 0 Å². The Labute approximate surface area is 183 Å². The quantitative estimate of drug-likeness (QED) is 0.497. The van der Waals surface area contributed by atoms with Gasteiger partial charge in [0, 0.05) is 41.9 Å². The average Bonchev–Trinajstić information content (AvgIpc) is 2.77. The molecule has 158 valence electrons. The van der Waals surface area contributed by atoms with E-state index in [1.807, 2.05) is 60.4 Å². The van der Waals surface area contributed by atoms with Gasteiger partial charge < -0.3 is 15.1 Å². The summed E-state index contributed by atoms with van der Waals surface area (Å²) in [7, 11) is 0. The second kappa shape index (κ2) is 10.4. The summed E-state index contributed by atoms with van der Waals surface area (Å²) >= 11 is 6.11. The molecule has 3 rings (SSSR count). The molecule has 1 heterocycles. The second-order valence-corrected chi connectivity index (χ2v) is 7.54. The summed E-state index contributed by atoms with van der Waals surface area (Å²) < 4.78 is 0. The Morgan fingerprint density at radius 2 is 1.73 bits per heavy atom. The van der Waals surface area contributed by atoms with Crippen molar-refractivity contribution in [2.75, 3.05) is 38.0 Å². The van der Waals surface area contributed by atoms with E-state index in [9.17, 15) is 4.79 Å². The zero-order chi connectivity index (χ0) is 21.5. The van der Waals surface area contributed by atoms with Crippen molar-refractivity contribution in [2.45, 2.75) is 20.8 Å². The molecule has 0 atom stereocenters. The Morgan fingerprint density at radius 1 is 0.967 bits per heavy atom. The summed E-state index contributed by atoms with van der Waals surface area (Å²) in [6, 6.07) is 15.2. The lowest BCUT2D eigenvalue weighted by molar-refractivity contribution is 0.0748. The monoisotopic (exact) mass is 424 g/mol. The van der Waals surface area contributed by atoms with Crippen molar-refractivity contribution in [3.8, 4) is 0 Å². The van der Waals surface area contributed by atoms with E-state index in [0.717, 1.165) is 41.9 Å². The molecule has 0 bridgehead atoms. The Morgan fingerprint density at radius 3 is 2.47 bits per heavy atom. The van der Waals surface area contributed by atoms with Crippen LogP contribution in [0.1, 0.15) is 31.1 Å². The molecule has 2 aromatic carbocycles. The minimum absolute atomic E-state index is 0.0363. The average molecular weight is 425 g/mol. The molecule has 0 unspecified atom stereocenters. The fraction of sp³-hybridized carbons (Fsp3) is 0.333. The smallest absolute Gasteiger partial charge is 0.255 e. The van der Waals surface area contributed by atoms with Crippen LogP contribution in [0.3, 0.4) is 0 Å². The van der Waals surface area contributed by atoms with Crippen LogP contribution in [-0.4, -0.2) is 53.4 Å². The highest BCUT2D eigenvalue weighted by Crippen LogP contribution is 2.29. The number of benzene rings is 2. The normalized spacial score (nSPS) is 11.1. The highest BCUT2D eigenvalue weighted by Gasteiger charge is 2.18. The zero-order valence-corrected chi connectivity index (χ0v) is 18.6. The molecule has 0 spiro atoms. The number of carbonyl (C=O) groups is 1. The summed E-state index contributed by atoms with van der Waals surface area (Å²) in [6.07, 6.45) is 1.74. The number of aromatic nitrogens is 1. The van der Waals surface area contributed by atoms with Crippen molar-refractivity contribution >= 4 is 39.8 Å². The topological polar surface area (TPSA) is 48.5 Å². The van der Waals surface area contributed by atoms with E-state index < -0.39 is 0 Å². The van der Waals surface area contributed by atoms with Gasteiger partial charge in [0.25, 0.3) is 5.91 Å². The van der Waals surface area contributed by atoms with Gasteiger partial charge in [0.2, 0.25) is 0 Å². The van der Waals surface area contributed by atoms with Crippen molar-refractivity contribution in [3.63, 3.8) is 0 Å². The lowest BCUT2D eigenvalue weighted by Crippen LogP contribution is -2.38. The van der Waals surface area contributed by atoms with Gasteiger partial charge in [-0.05, 0) is 56.4 Å². The largest absolute Gasteiger partial charge is 0.354 e. The van der Waals surface area contributed by atoms with Gasteiger partial charge in [0.1, 0.15) is 0 Å². The third-order valence-corrected chi connectivity index (χ3v) is 5.62. The third kappa shape index (κ3) is 5.10. The van der Waals surface area contributed by atoms with Crippen LogP contribution < -0.4 is 5.32 Å². The number of nitrogens with zero attached hydrogens (tertiary/aromatic N) is 3. The number of fused-ring (bicyclic) bond motifs is 1. The molecule has 6 heteroatoms. The molecule has 0 saturated carbocycles. The van der Waals surface area contributed by atoms with Crippen LogP contribution in [0.2, 0.25) is 5.02 Å². The predicted molar refractivity (Wildman–Crippen MR) is 126 cm³/mol. The number of amides is 1. The molecule has 0 radical (unpaired) electrons. The van der Waals surface area contributed by atoms with Gasteiger partial charge in [-0.15, -0.1) is 0 Å². The van der Waals surface area contributed by atoms with Gasteiger partial charge in [-0.3, -0.25) is 9.78 Å². The number of carbonyl (C=O) groups excluding carboxylic acids is 1. The van der Waals surface area contributed by atoms with Gasteiger partial charge in [0.15, 0.2) is 0 Å². The van der Waals surface area contributed by atoms with Crippen molar-refractivity contribution < 1.29 is 4.79 Å². The molecule has 1 aromatic heterocycles. The molecular weight excluding hydrogens is 396 g/mol. The van der Waals surface area contributed by atoms with Gasteiger partial charge in [-0.25, -0.2) is 0 Å². The number of likely N-dealkylation sites (N-methyl/N-ethyl adjacent to an activating group) is 2. The van der Waals surface area contributed by atoms with Crippen LogP contribution in [0.5, 0.6) is 0 Å². The van der Waals surface area contributed by atoms with Crippen LogP contribution in [0.15, 0.2) is 54.7 Å². The Balaban J connectivity index is 1.86. The minimum atomic E-state index is 0.0363. The Kier molecular flexibility index (Phi) is 7.66. The summed E-state index contributed by atoms with van der Waals surface area (Å²) in [5.41, 5.74) is 3.15. The molecule has 1 amide bonds. The van der Waals surface area contributed by atoms with Crippen LogP contribution in [0.25, 0.3) is 10.9 Å². The minimum Gasteiger partial charge on any atom is -0.354 e. The van der Waals surface area contributed by atoms with Crippen LogP contribution in [-0.2, 0) is 0 Å². The van der Waals surface area contributed by atoms with Gasteiger partial charge >= 0.3 is 0 Å². The number of halogens is 1. The lowest BCUT2D eigenvalue weighted by Gasteiger charge is -2.26. The maximum atomic E-state index is 13.3. The second-order valence-electron chi connectivity index (χ2n) is 7.10. The number of hydrogen-bond donors (Lipinski definition) is 1. The molecule has 0 aliphatic rings. The molecule has 3 aromatic rings. The predicted octanol–water partition coefficient (Wildman–Crippen LogP) is 5.44. The molecule has 5 nitrogen and oxygen atoms in total. The van der Waals surface area contributed by atoms with E-state index in [2.05, 4.69) is 29.0 Å². The van der Waals surface area contributed by atoms with Crippen molar-refractivity contribution in [2.24, 2.45) is 0 Å². The first-order valence-electron chi connectivity index (χ1n) is 10.5. The SMILES string of the molecule is CCN(CC)CCN(CC)C(=O)c1ccccc1Nc1ccnc2cc(Cl)ccc12. The molecule has 30 heavy (non-hydrogen) atoms. The molecule has 0 aliphatic heterocycles. The van der Waals surface area contributed by atoms with E-state index in [1.54, 1.807) is 6.20 Å². The summed E-state index contributed by atoms with van der Waals surface area (Å²) in [6.45, 7) is 10.5. The highest BCUT2D eigenvalue weighted by molar-refractivity contribution is 6.31. The molecule has 0 saturated heterocycles. The fourth-order valence-electron chi connectivity index (χ4n) is 3.53. The lowest BCUT2D eigenvalue weighted by atomic mass is 10.1. The first-order valence-corrected chi connectivity index (χ1v) is 10.9. The van der Waals surface area contributed by atoms with Crippen LogP contribution in [0.4, 0.5) is 11.4 Å². The Bertz CT molecular complexity index is 1000. The molecule has 0 aliphatic carbocycles. The first-order chi connectivity index (χ1) is 14.6. The number of anilines is 2. The fourth-order valence-corrected chi connectivity index (χ4v) is 3.70. The number of rotatable bonds is 9. The summed E-state index contributed by atoms with van der Waals surface area (Å²) in [5, 5.41) is 5.05. The van der Waals surface area contributed by atoms with Crippen molar-refractivity contribution in [1.82, 2.24) is 14.8 Å². The van der Waals surface area contributed by atoms with Crippen molar-refractivity contribution in [3.05, 3.63) is 65.3 Å². The maximum absolute atomic E-state index is 13.3.